The summed E-state index contributed by atoms with van der Waals surface area (Å²) < 4.78 is 0. The van der Waals surface area contributed by atoms with Crippen LogP contribution in [0.25, 0.3) is 0 Å². The third-order valence-electron chi connectivity index (χ3n) is 2.11. The summed E-state index contributed by atoms with van der Waals surface area (Å²) in [5.74, 6) is -0.988. The van der Waals surface area contributed by atoms with Crippen molar-refractivity contribution in [2.24, 2.45) is 5.73 Å². The molecule has 72 valence electrons. The van der Waals surface area contributed by atoms with Gasteiger partial charge in [-0.15, -0.1) is 0 Å². The minimum absolute atomic E-state index is 0.252. The van der Waals surface area contributed by atoms with Crippen molar-refractivity contribution in [3.63, 3.8) is 0 Å². The van der Waals surface area contributed by atoms with Crippen LogP contribution in [0.3, 0.4) is 0 Å². The monoisotopic (exact) mass is 183 g/mol. The van der Waals surface area contributed by atoms with Gasteiger partial charge in [-0.2, -0.15) is 0 Å². The Kier molecular flexibility index (Phi) is 2.67. The van der Waals surface area contributed by atoms with Gasteiger partial charge in [-0.3, -0.25) is 4.79 Å². The standard InChI is InChI=1S/C8H13N3O2/c1-2-8(9,7(12)13)3-6-4-10-5-11-6/h4-5H,2-3,9H2,1H3,(H,10,11)(H,12,13)/t8-/m0/s1. The molecule has 5 heteroatoms. The van der Waals surface area contributed by atoms with Crippen LogP contribution in [0.4, 0.5) is 0 Å². The molecule has 1 rings (SSSR count). The lowest BCUT2D eigenvalue weighted by molar-refractivity contribution is -0.143. The first-order chi connectivity index (χ1) is 6.08. The van der Waals surface area contributed by atoms with Gasteiger partial charge in [0.2, 0.25) is 0 Å². The average molecular weight is 183 g/mol. The van der Waals surface area contributed by atoms with Gasteiger partial charge < -0.3 is 15.8 Å². The number of hydrogen-bond donors (Lipinski definition) is 3. The van der Waals surface area contributed by atoms with Crippen molar-refractivity contribution in [3.8, 4) is 0 Å². The third-order valence-corrected chi connectivity index (χ3v) is 2.11. The van der Waals surface area contributed by atoms with Gasteiger partial charge >= 0.3 is 5.97 Å². The summed E-state index contributed by atoms with van der Waals surface area (Å²) in [6.07, 6.45) is 3.80. The van der Waals surface area contributed by atoms with Crippen LogP contribution in [0.5, 0.6) is 0 Å². The summed E-state index contributed by atoms with van der Waals surface area (Å²) >= 11 is 0. The summed E-state index contributed by atoms with van der Waals surface area (Å²) in [5, 5.41) is 8.87. The van der Waals surface area contributed by atoms with E-state index in [9.17, 15) is 4.79 Å². The van der Waals surface area contributed by atoms with Gasteiger partial charge in [0.25, 0.3) is 0 Å². The first kappa shape index (κ1) is 9.73. The highest BCUT2D eigenvalue weighted by atomic mass is 16.4. The number of imidazole rings is 1. The minimum atomic E-state index is -1.20. The molecule has 0 unspecified atom stereocenters. The van der Waals surface area contributed by atoms with Crippen molar-refractivity contribution in [3.05, 3.63) is 18.2 Å². The number of nitrogens with two attached hydrogens (primary N) is 1. The second-order valence-electron chi connectivity index (χ2n) is 3.05. The number of nitrogens with zero attached hydrogens (tertiary/aromatic N) is 1. The summed E-state index contributed by atoms with van der Waals surface area (Å²) in [7, 11) is 0. The number of nitrogens with one attached hydrogen (secondary N) is 1. The Morgan fingerprint density at radius 2 is 2.54 bits per heavy atom. The molecule has 0 amide bonds. The zero-order valence-corrected chi connectivity index (χ0v) is 7.45. The van der Waals surface area contributed by atoms with E-state index in [2.05, 4.69) is 9.97 Å². The number of hydrogen-bond acceptors (Lipinski definition) is 3. The van der Waals surface area contributed by atoms with Crippen molar-refractivity contribution in [2.45, 2.75) is 25.3 Å². The molecule has 1 heterocycles. The molecule has 0 aliphatic carbocycles. The Balaban J connectivity index is 2.75. The molecule has 0 radical (unpaired) electrons. The second-order valence-corrected chi connectivity index (χ2v) is 3.05. The zero-order chi connectivity index (χ0) is 9.90. The highest BCUT2D eigenvalue weighted by Gasteiger charge is 2.32. The highest BCUT2D eigenvalue weighted by Crippen LogP contribution is 2.12. The minimum Gasteiger partial charge on any atom is -0.480 e. The van der Waals surface area contributed by atoms with Crippen LogP contribution in [-0.4, -0.2) is 26.6 Å². The lowest BCUT2D eigenvalue weighted by atomic mass is 9.92. The molecule has 1 aromatic rings. The average Bonchev–Trinajstić information content (AvgIpc) is 2.56. The van der Waals surface area contributed by atoms with Crippen molar-refractivity contribution in [1.82, 2.24) is 9.97 Å². The van der Waals surface area contributed by atoms with E-state index in [4.69, 9.17) is 10.8 Å². The molecule has 0 saturated carbocycles. The van der Waals surface area contributed by atoms with Gasteiger partial charge in [0.15, 0.2) is 0 Å². The third kappa shape index (κ3) is 2.06. The van der Waals surface area contributed by atoms with Crippen LogP contribution >= 0.6 is 0 Å². The van der Waals surface area contributed by atoms with Crippen molar-refractivity contribution < 1.29 is 9.90 Å². The molecule has 0 aliphatic heterocycles. The molecule has 0 fully saturated rings. The Bertz CT molecular complexity index is 284. The number of carboxylic acid groups (broad SMARTS) is 1. The number of carbonyl (C=O) groups is 1. The molecule has 5 nitrogen and oxygen atoms in total. The van der Waals surface area contributed by atoms with Gasteiger partial charge in [-0.05, 0) is 6.42 Å². The smallest absolute Gasteiger partial charge is 0.324 e. The first-order valence-electron chi connectivity index (χ1n) is 4.08. The largest absolute Gasteiger partial charge is 0.480 e. The quantitative estimate of drug-likeness (QED) is 0.619. The highest BCUT2D eigenvalue weighted by molar-refractivity contribution is 5.78. The maximum atomic E-state index is 10.8. The maximum absolute atomic E-state index is 10.8. The molecule has 4 N–H and O–H groups in total. The van der Waals surface area contributed by atoms with E-state index >= 15 is 0 Å². The number of carboxylic acids is 1. The summed E-state index contributed by atoms with van der Waals surface area (Å²) in [5.41, 5.74) is 5.15. The fraction of sp³-hybridized carbons (Fsp3) is 0.500. The van der Waals surface area contributed by atoms with E-state index in [1.54, 1.807) is 13.1 Å². The lowest BCUT2D eigenvalue weighted by Gasteiger charge is -2.21. The summed E-state index contributed by atoms with van der Waals surface area (Å²) in [6.45, 7) is 1.75. The molecule has 0 aliphatic rings. The summed E-state index contributed by atoms with van der Waals surface area (Å²) in [4.78, 5) is 17.5. The van der Waals surface area contributed by atoms with Gasteiger partial charge in [0.1, 0.15) is 5.54 Å². The van der Waals surface area contributed by atoms with Gasteiger partial charge in [-0.25, -0.2) is 4.98 Å². The summed E-state index contributed by atoms with van der Waals surface area (Å²) in [6, 6.07) is 0. The van der Waals surface area contributed by atoms with Crippen molar-refractivity contribution >= 4 is 5.97 Å². The second kappa shape index (κ2) is 3.57. The first-order valence-corrected chi connectivity index (χ1v) is 4.08. The number of aromatic nitrogens is 2. The van der Waals surface area contributed by atoms with E-state index in [0.717, 1.165) is 0 Å². The normalized spacial score (nSPS) is 15.2. The SMILES string of the molecule is CC[C@](N)(Cc1c[nH]cn1)C(=O)O. The molecule has 1 atom stereocenters. The van der Waals surface area contributed by atoms with Gasteiger partial charge in [0.05, 0.1) is 12.0 Å². The van der Waals surface area contributed by atoms with Gasteiger partial charge in [0, 0.05) is 12.6 Å². The van der Waals surface area contributed by atoms with Crippen molar-refractivity contribution in [2.75, 3.05) is 0 Å². The van der Waals surface area contributed by atoms with E-state index in [-0.39, 0.29) is 6.42 Å². The topological polar surface area (TPSA) is 92.0 Å². The molecule has 13 heavy (non-hydrogen) atoms. The van der Waals surface area contributed by atoms with E-state index in [1.165, 1.54) is 6.33 Å². The molecule has 0 bridgehead atoms. The van der Waals surface area contributed by atoms with Gasteiger partial charge in [-0.1, -0.05) is 6.92 Å². The molecule has 0 spiro atoms. The van der Waals surface area contributed by atoms with Crippen LogP contribution in [0.1, 0.15) is 19.0 Å². The van der Waals surface area contributed by atoms with Crippen LogP contribution in [-0.2, 0) is 11.2 Å². The molecule has 0 aromatic carbocycles. The van der Waals surface area contributed by atoms with Crippen molar-refractivity contribution in [1.29, 1.82) is 0 Å². The Labute approximate surface area is 76.0 Å². The maximum Gasteiger partial charge on any atom is 0.324 e. The van der Waals surface area contributed by atoms with Crippen LogP contribution in [0.15, 0.2) is 12.5 Å². The van der Waals surface area contributed by atoms with Crippen LogP contribution < -0.4 is 5.73 Å². The number of aliphatic carboxylic acids is 1. The van der Waals surface area contributed by atoms with E-state index in [0.29, 0.717) is 12.1 Å². The zero-order valence-electron chi connectivity index (χ0n) is 7.45. The predicted molar refractivity (Wildman–Crippen MR) is 47.1 cm³/mol. The van der Waals surface area contributed by atoms with Crippen LogP contribution in [0.2, 0.25) is 0 Å². The van der Waals surface area contributed by atoms with E-state index in [1.807, 2.05) is 0 Å². The Morgan fingerprint density at radius 1 is 1.85 bits per heavy atom. The lowest BCUT2D eigenvalue weighted by Crippen LogP contribution is -2.49. The Hall–Kier alpha value is -1.36. The molecular formula is C8H13N3O2. The fourth-order valence-electron chi connectivity index (χ4n) is 1.06. The number of aromatic amines is 1. The van der Waals surface area contributed by atoms with Crippen LogP contribution in [0, 0.1) is 0 Å². The number of rotatable bonds is 4. The fourth-order valence-corrected chi connectivity index (χ4v) is 1.06. The molecular weight excluding hydrogens is 170 g/mol. The van der Waals surface area contributed by atoms with E-state index < -0.39 is 11.5 Å². The molecule has 0 saturated heterocycles. The molecule has 1 aromatic heterocycles. The Morgan fingerprint density at radius 3 is 2.92 bits per heavy atom. The number of H-pyrrole nitrogens is 1. The predicted octanol–water partition coefficient (Wildman–Crippen LogP) is 0.144.